The lowest BCUT2D eigenvalue weighted by Crippen LogP contribution is -2.34. The first kappa shape index (κ1) is 18.5. The van der Waals surface area contributed by atoms with Crippen molar-refractivity contribution in [3.63, 3.8) is 0 Å². The number of aryl methyl sites for hydroxylation is 2. The van der Waals surface area contributed by atoms with Crippen molar-refractivity contribution in [1.29, 1.82) is 0 Å². The predicted molar refractivity (Wildman–Crippen MR) is 106 cm³/mol. The van der Waals surface area contributed by atoms with E-state index in [4.69, 9.17) is 9.47 Å². The van der Waals surface area contributed by atoms with Crippen molar-refractivity contribution < 1.29 is 14.3 Å². The molecule has 0 radical (unpaired) electrons. The zero-order chi connectivity index (χ0) is 18.7. The average molecular weight is 372 g/mol. The summed E-state index contributed by atoms with van der Waals surface area (Å²) in [5, 5.41) is 2.94. The smallest absolute Gasteiger partial charge is 0.323 e. The van der Waals surface area contributed by atoms with Gasteiger partial charge in [-0.2, -0.15) is 0 Å². The van der Waals surface area contributed by atoms with Gasteiger partial charge in [0, 0.05) is 23.5 Å². The second-order valence-electron chi connectivity index (χ2n) is 6.27. The van der Waals surface area contributed by atoms with Crippen LogP contribution in [-0.4, -0.2) is 37.4 Å². The number of hydrogen-bond donors (Lipinski definition) is 1. The standard InChI is InChI=1S/C20H24N2O3S/c1-13-5-7-17(14(2)11-13)21-20(23)22-9-10-26-19(22)16-12-15(24-3)6-8-18(16)25-4/h5-8,11-12,19H,9-10H2,1-4H3,(H,21,23). The van der Waals surface area contributed by atoms with Gasteiger partial charge in [0.05, 0.1) is 14.2 Å². The Labute approximate surface area is 158 Å². The van der Waals surface area contributed by atoms with E-state index in [9.17, 15) is 4.79 Å². The lowest BCUT2D eigenvalue weighted by molar-refractivity contribution is 0.213. The number of nitrogens with one attached hydrogen (secondary N) is 1. The number of urea groups is 1. The molecule has 1 aliphatic heterocycles. The van der Waals surface area contributed by atoms with E-state index in [1.165, 1.54) is 5.56 Å². The fourth-order valence-corrected chi connectivity index (χ4v) is 4.38. The summed E-state index contributed by atoms with van der Waals surface area (Å²) >= 11 is 1.73. The van der Waals surface area contributed by atoms with Crippen LogP contribution in [0.1, 0.15) is 22.1 Å². The number of hydrogen-bond acceptors (Lipinski definition) is 4. The van der Waals surface area contributed by atoms with Crippen LogP contribution < -0.4 is 14.8 Å². The van der Waals surface area contributed by atoms with Crippen molar-refractivity contribution in [2.24, 2.45) is 0 Å². The number of rotatable bonds is 4. The molecule has 0 aliphatic carbocycles. The third-order valence-electron chi connectivity index (χ3n) is 4.48. The Hall–Kier alpha value is -2.34. The monoisotopic (exact) mass is 372 g/mol. The summed E-state index contributed by atoms with van der Waals surface area (Å²) in [6.45, 7) is 4.73. The van der Waals surface area contributed by atoms with Crippen LogP contribution in [0.2, 0.25) is 0 Å². The van der Waals surface area contributed by atoms with Crippen molar-refractivity contribution in [3.8, 4) is 11.5 Å². The topological polar surface area (TPSA) is 50.8 Å². The van der Waals surface area contributed by atoms with Crippen molar-refractivity contribution in [2.75, 3.05) is 31.8 Å². The van der Waals surface area contributed by atoms with Gasteiger partial charge in [0.2, 0.25) is 0 Å². The summed E-state index contributed by atoms with van der Waals surface area (Å²) in [7, 11) is 3.28. The van der Waals surface area contributed by atoms with E-state index in [0.29, 0.717) is 6.54 Å². The van der Waals surface area contributed by atoms with E-state index in [1.807, 2.05) is 49.1 Å². The fourth-order valence-electron chi connectivity index (χ4n) is 3.11. The van der Waals surface area contributed by atoms with Gasteiger partial charge in [0.1, 0.15) is 16.9 Å². The first-order valence-electron chi connectivity index (χ1n) is 8.52. The fraction of sp³-hybridized carbons (Fsp3) is 0.350. The summed E-state index contributed by atoms with van der Waals surface area (Å²) in [5.74, 6) is 2.39. The second kappa shape index (κ2) is 7.91. The summed E-state index contributed by atoms with van der Waals surface area (Å²) in [4.78, 5) is 14.8. The van der Waals surface area contributed by atoms with Crippen LogP contribution in [0.25, 0.3) is 0 Å². The van der Waals surface area contributed by atoms with E-state index in [0.717, 1.165) is 34.1 Å². The van der Waals surface area contributed by atoms with Crippen LogP contribution in [0.15, 0.2) is 36.4 Å². The Morgan fingerprint density at radius 2 is 1.96 bits per heavy atom. The minimum atomic E-state index is -0.106. The highest BCUT2D eigenvalue weighted by Crippen LogP contribution is 2.43. The quantitative estimate of drug-likeness (QED) is 0.852. The highest BCUT2D eigenvalue weighted by molar-refractivity contribution is 7.99. The van der Waals surface area contributed by atoms with Gasteiger partial charge in [-0.1, -0.05) is 17.7 Å². The average Bonchev–Trinajstić information content (AvgIpc) is 3.13. The molecule has 5 nitrogen and oxygen atoms in total. The number of carbonyl (C=O) groups is 1. The minimum absolute atomic E-state index is 0.100. The number of anilines is 1. The van der Waals surface area contributed by atoms with Crippen LogP contribution in [-0.2, 0) is 0 Å². The molecular weight excluding hydrogens is 348 g/mol. The zero-order valence-electron chi connectivity index (χ0n) is 15.5. The number of methoxy groups -OCH3 is 2. The molecule has 1 heterocycles. The van der Waals surface area contributed by atoms with Gasteiger partial charge in [0.15, 0.2) is 0 Å². The molecule has 0 spiro atoms. The third kappa shape index (κ3) is 3.75. The first-order valence-corrected chi connectivity index (χ1v) is 9.56. The number of carbonyl (C=O) groups excluding carboxylic acids is 1. The first-order chi connectivity index (χ1) is 12.5. The molecule has 0 aromatic heterocycles. The highest BCUT2D eigenvalue weighted by atomic mass is 32.2. The molecule has 1 unspecified atom stereocenters. The van der Waals surface area contributed by atoms with Crippen molar-refractivity contribution >= 4 is 23.5 Å². The summed E-state index contributed by atoms with van der Waals surface area (Å²) < 4.78 is 10.9. The van der Waals surface area contributed by atoms with Gasteiger partial charge in [0.25, 0.3) is 0 Å². The third-order valence-corrected chi connectivity index (χ3v) is 5.72. The van der Waals surface area contributed by atoms with Crippen molar-refractivity contribution in [1.82, 2.24) is 4.90 Å². The molecule has 1 N–H and O–H groups in total. The molecule has 0 bridgehead atoms. The maximum atomic E-state index is 12.9. The van der Waals surface area contributed by atoms with E-state index in [1.54, 1.807) is 26.0 Å². The Morgan fingerprint density at radius 3 is 2.65 bits per heavy atom. The Morgan fingerprint density at radius 1 is 1.15 bits per heavy atom. The molecule has 138 valence electrons. The molecule has 2 aromatic carbocycles. The van der Waals surface area contributed by atoms with E-state index in [2.05, 4.69) is 11.4 Å². The predicted octanol–water partition coefficient (Wildman–Crippen LogP) is 4.60. The van der Waals surface area contributed by atoms with Gasteiger partial charge in [-0.25, -0.2) is 4.79 Å². The Balaban J connectivity index is 1.85. The molecule has 2 aromatic rings. The second-order valence-corrected chi connectivity index (χ2v) is 7.46. The van der Waals surface area contributed by atoms with Gasteiger partial charge >= 0.3 is 6.03 Å². The Kier molecular flexibility index (Phi) is 5.61. The Bertz CT molecular complexity index is 810. The van der Waals surface area contributed by atoms with Crippen LogP contribution in [0.3, 0.4) is 0 Å². The van der Waals surface area contributed by atoms with Crippen LogP contribution in [0.4, 0.5) is 10.5 Å². The maximum Gasteiger partial charge on any atom is 0.323 e. The maximum absolute atomic E-state index is 12.9. The number of nitrogens with zero attached hydrogens (tertiary/aromatic N) is 1. The minimum Gasteiger partial charge on any atom is -0.497 e. The van der Waals surface area contributed by atoms with Gasteiger partial charge < -0.3 is 19.7 Å². The molecule has 1 saturated heterocycles. The molecule has 3 rings (SSSR count). The lowest BCUT2D eigenvalue weighted by Gasteiger charge is -2.26. The van der Waals surface area contributed by atoms with Crippen LogP contribution >= 0.6 is 11.8 Å². The number of amides is 2. The normalized spacial score (nSPS) is 16.5. The number of benzene rings is 2. The highest BCUT2D eigenvalue weighted by Gasteiger charge is 2.33. The van der Waals surface area contributed by atoms with Crippen molar-refractivity contribution in [2.45, 2.75) is 19.2 Å². The molecular formula is C20H24N2O3S. The van der Waals surface area contributed by atoms with Crippen LogP contribution in [0.5, 0.6) is 11.5 Å². The number of thioether (sulfide) groups is 1. The summed E-state index contributed by atoms with van der Waals surface area (Å²) in [6.07, 6.45) is 0. The summed E-state index contributed by atoms with van der Waals surface area (Å²) in [6, 6.07) is 11.6. The molecule has 6 heteroatoms. The molecule has 2 amide bonds. The largest absolute Gasteiger partial charge is 0.497 e. The summed E-state index contributed by atoms with van der Waals surface area (Å²) in [5.41, 5.74) is 4.02. The lowest BCUT2D eigenvalue weighted by atomic mass is 10.1. The molecule has 1 atom stereocenters. The van der Waals surface area contributed by atoms with Crippen LogP contribution in [0, 0.1) is 13.8 Å². The molecule has 0 saturated carbocycles. The molecule has 1 aliphatic rings. The van der Waals surface area contributed by atoms with Gasteiger partial charge in [-0.15, -0.1) is 11.8 Å². The van der Waals surface area contributed by atoms with E-state index >= 15 is 0 Å². The number of ether oxygens (including phenoxy) is 2. The SMILES string of the molecule is COc1ccc(OC)c(C2SCCN2C(=O)Nc2ccc(C)cc2C)c1. The van der Waals surface area contributed by atoms with E-state index in [-0.39, 0.29) is 11.4 Å². The van der Waals surface area contributed by atoms with Gasteiger partial charge in [-0.3, -0.25) is 0 Å². The molecule has 26 heavy (non-hydrogen) atoms. The van der Waals surface area contributed by atoms with E-state index < -0.39 is 0 Å². The zero-order valence-corrected chi connectivity index (χ0v) is 16.4. The van der Waals surface area contributed by atoms with Gasteiger partial charge in [-0.05, 0) is 43.7 Å². The molecule has 1 fully saturated rings. The van der Waals surface area contributed by atoms with Crippen molar-refractivity contribution in [3.05, 3.63) is 53.1 Å².